The van der Waals surface area contributed by atoms with Crippen LogP contribution >= 0.6 is 0 Å². The normalized spacial score (nSPS) is 19.1. The van der Waals surface area contributed by atoms with Crippen LogP contribution in [0.25, 0.3) is 0 Å². The van der Waals surface area contributed by atoms with Crippen molar-refractivity contribution in [2.45, 2.75) is 45.6 Å². The zero-order valence-corrected chi connectivity index (χ0v) is 10.3. The highest BCUT2D eigenvalue weighted by molar-refractivity contribution is 5.73. The first-order chi connectivity index (χ1) is 7.15. The summed E-state index contributed by atoms with van der Waals surface area (Å²) in [6, 6.07) is 0.491. The SMILES string of the molecule is CCCCN(C(C)=O)C1CCN(C)CC1. The number of piperidine rings is 1. The second-order valence-corrected chi connectivity index (χ2v) is 4.60. The molecule has 0 unspecified atom stereocenters. The molecule has 15 heavy (non-hydrogen) atoms. The van der Waals surface area contributed by atoms with Crippen molar-refractivity contribution in [3.63, 3.8) is 0 Å². The molecule has 3 nitrogen and oxygen atoms in total. The van der Waals surface area contributed by atoms with Gasteiger partial charge in [-0.3, -0.25) is 4.79 Å². The van der Waals surface area contributed by atoms with Crippen LogP contribution in [0.1, 0.15) is 39.5 Å². The molecule has 0 N–H and O–H groups in total. The van der Waals surface area contributed by atoms with Crippen molar-refractivity contribution in [2.75, 3.05) is 26.7 Å². The van der Waals surface area contributed by atoms with Gasteiger partial charge in [0.25, 0.3) is 0 Å². The van der Waals surface area contributed by atoms with Crippen LogP contribution in [0.15, 0.2) is 0 Å². The van der Waals surface area contributed by atoms with Gasteiger partial charge in [-0.2, -0.15) is 0 Å². The average Bonchev–Trinajstić information content (AvgIpc) is 2.21. The second kappa shape index (κ2) is 6.11. The summed E-state index contributed by atoms with van der Waals surface area (Å²) in [4.78, 5) is 16.0. The summed E-state index contributed by atoms with van der Waals surface area (Å²) in [6.45, 7) is 7.07. The third kappa shape index (κ3) is 3.82. The van der Waals surface area contributed by atoms with Crippen molar-refractivity contribution >= 4 is 5.91 Å². The molecule has 0 saturated carbocycles. The van der Waals surface area contributed by atoms with Gasteiger partial charge in [0.05, 0.1) is 0 Å². The van der Waals surface area contributed by atoms with Crippen LogP contribution in [0.5, 0.6) is 0 Å². The lowest BCUT2D eigenvalue weighted by molar-refractivity contribution is -0.132. The van der Waals surface area contributed by atoms with E-state index < -0.39 is 0 Å². The van der Waals surface area contributed by atoms with Crippen molar-refractivity contribution in [3.05, 3.63) is 0 Å². The Morgan fingerprint density at radius 2 is 2.00 bits per heavy atom. The first kappa shape index (κ1) is 12.5. The second-order valence-electron chi connectivity index (χ2n) is 4.60. The Morgan fingerprint density at radius 1 is 1.40 bits per heavy atom. The van der Waals surface area contributed by atoms with Gasteiger partial charge < -0.3 is 9.80 Å². The topological polar surface area (TPSA) is 23.6 Å². The number of rotatable bonds is 4. The van der Waals surface area contributed by atoms with Gasteiger partial charge in [0.2, 0.25) is 5.91 Å². The first-order valence-electron chi connectivity index (χ1n) is 6.11. The Labute approximate surface area is 93.4 Å². The predicted molar refractivity (Wildman–Crippen MR) is 62.8 cm³/mol. The maximum absolute atomic E-state index is 11.5. The molecule has 0 spiro atoms. The molecule has 1 aliphatic heterocycles. The van der Waals surface area contributed by atoms with Crippen LogP contribution in [0.2, 0.25) is 0 Å². The number of hydrogen-bond acceptors (Lipinski definition) is 2. The van der Waals surface area contributed by atoms with Crippen molar-refractivity contribution in [1.82, 2.24) is 9.80 Å². The number of unbranched alkanes of at least 4 members (excludes halogenated alkanes) is 1. The van der Waals surface area contributed by atoms with E-state index >= 15 is 0 Å². The minimum atomic E-state index is 0.248. The van der Waals surface area contributed by atoms with E-state index in [-0.39, 0.29) is 5.91 Å². The van der Waals surface area contributed by atoms with Crippen molar-refractivity contribution in [2.24, 2.45) is 0 Å². The van der Waals surface area contributed by atoms with E-state index in [1.54, 1.807) is 6.92 Å². The molecule has 88 valence electrons. The number of carbonyl (C=O) groups excluding carboxylic acids is 1. The molecule has 1 fully saturated rings. The predicted octanol–water partition coefficient (Wildman–Crippen LogP) is 1.73. The van der Waals surface area contributed by atoms with Gasteiger partial charge >= 0.3 is 0 Å². The zero-order valence-electron chi connectivity index (χ0n) is 10.3. The van der Waals surface area contributed by atoms with E-state index in [0.717, 1.165) is 45.3 Å². The lowest BCUT2D eigenvalue weighted by Gasteiger charge is -2.36. The molecule has 1 heterocycles. The highest BCUT2D eigenvalue weighted by atomic mass is 16.2. The van der Waals surface area contributed by atoms with Crippen molar-refractivity contribution in [1.29, 1.82) is 0 Å². The molecule has 1 aliphatic rings. The first-order valence-corrected chi connectivity index (χ1v) is 6.11. The fraction of sp³-hybridized carbons (Fsp3) is 0.917. The van der Waals surface area contributed by atoms with Gasteiger partial charge in [-0.05, 0) is 39.4 Å². The molecule has 0 radical (unpaired) electrons. The molecule has 0 atom stereocenters. The molecule has 3 heteroatoms. The summed E-state index contributed by atoms with van der Waals surface area (Å²) >= 11 is 0. The summed E-state index contributed by atoms with van der Waals surface area (Å²) < 4.78 is 0. The van der Waals surface area contributed by atoms with Crippen molar-refractivity contribution in [3.8, 4) is 0 Å². The summed E-state index contributed by atoms with van der Waals surface area (Å²) in [5.41, 5.74) is 0. The standard InChI is InChI=1S/C12H24N2O/c1-4-5-8-14(11(2)15)12-6-9-13(3)10-7-12/h12H,4-10H2,1-3H3. The van der Waals surface area contributed by atoms with Crippen LogP contribution in [0.3, 0.4) is 0 Å². The molecule has 1 saturated heterocycles. The molecule has 0 aromatic carbocycles. The number of amides is 1. The van der Waals surface area contributed by atoms with Gasteiger partial charge in [0, 0.05) is 19.5 Å². The molecule has 1 rings (SSSR count). The smallest absolute Gasteiger partial charge is 0.219 e. The number of likely N-dealkylation sites (tertiary alicyclic amines) is 1. The lowest BCUT2D eigenvalue weighted by Crippen LogP contribution is -2.46. The number of nitrogens with zero attached hydrogens (tertiary/aromatic N) is 2. The Kier molecular flexibility index (Phi) is 5.09. The Bertz CT molecular complexity index is 198. The van der Waals surface area contributed by atoms with Crippen LogP contribution in [-0.4, -0.2) is 48.4 Å². The van der Waals surface area contributed by atoms with Crippen LogP contribution in [0.4, 0.5) is 0 Å². The summed E-state index contributed by atoms with van der Waals surface area (Å²) in [6.07, 6.45) is 4.57. The van der Waals surface area contributed by atoms with Gasteiger partial charge in [-0.25, -0.2) is 0 Å². The van der Waals surface area contributed by atoms with Gasteiger partial charge in [-0.1, -0.05) is 13.3 Å². The average molecular weight is 212 g/mol. The van der Waals surface area contributed by atoms with Crippen LogP contribution in [0, 0.1) is 0 Å². The van der Waals surface area contributed by atoms with Crippen LogP contribution in [-0.2, 0) is 4.79 Å². The monoisotopic (exact) mass is 212 g/mol. The molecule has 0 aromatic rings. The van der Waals surface area contributed by atoms with E-state index in [4.69, 9.17) is 0 Å². The third-order valence-electron chi connectivity index (χ3n) is 3.29. The summed E-state index contributed by atoms with van der Waals surface area (Å²) in [5, 5.41) is 0. The van der Waals surface area contributed by atoms with E-state index in [0.29, 0.717) is 6.04 Å². The largest absolute Gasteiger partial charge is 0.340 e. The highest BCUT2D eigenvalue weighted by Gasteiger charge is 2.24. The molecule has 0 aromatic heterocycles. The Hall–Kier alpha value is -0.570. The zero-order chi connectivity index (χ0) is 11.3. The number of hydrogen-bond donors (Lipinski definition) is 0. The maximum atomic E-state index is 11.5. The minimum absolute atomic E-state index is 0.248. The molecule has 0 bridgehead atoms. The van der Waals surface area contributed by atoms with Gasteiger partial charge in [-0.15, -0.1) is 0 Å². The Morgan fingerprint density at radius 3 is 2.47 bits per heavy atom. The van der Waals surface area contributed by atoms with E-state index in [1.165, 1.54) is 0 Å². The van der Waals surface area contributed by atoms with E-state index in [9.17, 15) is 4.79 Å². The summed E-state index contributed by atoms with van der Waals surface area (Å²) in [5.74, 6) is 0.248. The van der Waals surface area contributed by atoms with Gasteiger partial charge in [0.15, 0.2) is 0 Å². The van der Waals surface area contributed by atoms with E-state index in [2.05, 4.69) is 23.8 Å². The molecular weight excluding hydrogens is 188 g/mol. The maximum Gasteiger partial charge on any atom is 0.219 e. The quantitative estimate of drug-likeness (QED) is 0.708. The van der Waals surface area contributed by atoms with Gasteiger partial charge in [0.1, 0.15) is 0 Å². The fourth-order valence-electron chi connectivity index (χ4n) is 2.23. The molecular formula is C12H24N2O. The highest BCUT2D eigenvalue weighted by Crippen LogP contribution is 2.16. The Balaban J connectivity index is 2.44. The lowest BCUT2D eigenvalue weighted by atomic mass is 10.0. The van der Waals surface area contributed by atoms with Crippen molar-refractivity contribution < 1.29 is 4.79 Å². The fourth-order valence-corrected chi connectivity index (χ4v) is 2.23. The molecule has 0 aliphatic carbocycles. The molecule has 1 amide bonds. The summed E-state index contributed by atoms with van der Waals surface area (Å²) in [7, 11) is 2.15. The number of carbonyl (C=O) groups is 1. The van der Waals surface area contributed by atoms with Crippen LogP contribution < -0.4 is 0 Å². The van der Waals surface area contributed by atoms with E-state index in [1.807, 2.05) is 0 Å². The minimum Gasteiger partial charge on any atom is -0.340 e. The third-order valence-corrected chi connectivity index (χ3v) is 3.29.